The summed E-state index contributed by atoms with van der Waals surface area (Å²) in [6.45, 7) is 5.46. The van der Waals surface area contributed by atoms with Gasteiger partial charge in [0.1, 0.15) is 22.5 Å². The smallest absolute Gasteiger partial charge is 0.231 e. The van der Waals surface area contributed by atoms with E-state index in [1.54, 1.807) is 12.1 Å². The van der Waals surface area contributed by atoms with E-state index in [1.807, 2.05) is 22.7 Å². The van der Waals surface area contributed by atoms with Crippen molar-refractivity contribution in [1.29, 1.82) is 5.26 Å². The molecule has 1 aliphatic heterocycles. The number of rotatable bonds is 7. The number of carbonyl (C=O) groups excluding carboxylic acids is 1. The minimum Gasteiger partial charge on any atom is -0.369 e. The Bertz CT molecular complexity index is 1480. The van der Waals surface area contributed by atoms with Crippen molar-refractivity contribution in [2.45, 2.75) is 13.3 Å². The Morgan fingerprint density at radius 1 is 1.22 bits per heavy atom. The minimum atomic E-state index is -0.334. The van der Waals surface area contributed by atoms with Gasteiger partial charge in [0, 0.05) is 50.7 Å². The van der Waals surface area contributed by atoms with Crippen LogP contribution in [-0.4, -0.2) is 65.2 Å². The number of benzene rings is 1. The number of nitriles is 1. The van der Waals surface area contributed by atoms with Crippen LogP contribution in [0.2, 0.25) is 0 Å². The Morgan fingerprint density at radius 3 is 2.59 bits per heavy atom. The van der Waals surface area contributed by atoms with E-state index in [4.69, 9.17) is 15.8 Å². The summed E-state index contributed by atoms with van der Waals surface area (Å²) in [5.41, 5.74) is 10.5. The molecule has 2 N–H and O–H groups in total. The summed E-state index contributed by atoms with van der Waals surface area (Å²) in [6, 6.07) is 12.4. The van der Waals surface area contributed by atoms with Crippen molar-refractivity contribution < 1.29 is 9.18 Å². The molecule has 4 aromatic rings. The van der Waals surface area contributed by atoms with Crippen LogP contribution in [0.25, 0.3) is 16.8 Å². The number of fused-ring (bicyclic) bond motifs is 1. The first kappa shape index (κ1) is 24.7. The van der Waals surface area contributed by atoms with Gasteiger partial charge in [-0.05, 0) is 42.8 Å². The third kappa shape index (κ3) is 4.85. The van der Waals surface area contributed by atoms with Gasteiger partial charge >= 0.3 is 0 Å². The summed E-state index contributed by atoms with van der Waals surface area (Å²) < 4.78 is 15.3. The Balaban J connectivity index is 1.49. The maximum absolute atomic E-state index is 13.4. The maximum atomic E-state index is 13.4. The summed E-state index contributed by atoms with van der Waals surface area (Å²) >= 11 is 1.30. The molecule has 3 aromatic heterocycles. The van der Waals surface area contributed by atoms with Gasteiger partial charge in [0.15, 0.2) is 5.13 Å². The summed E-state index contributed by atoms with van der Waals surface area (Å²) in [7, 11) is 1.93. The van der Waals surface area contributed by atoms with Gasteiger partial charge in [0.2, 0.25) is 5.91 Å². The SMILES string of the molecule is CCc1nn2ccc(N3CCN(CC(N)=O)CC3)cc2c1N(C)c1nc(-c2ccc(F)cc2)c(C#N)s1. The molecule has 0 saturated carbocycles. The molecule has 1 saturated heterocycles. The fourth-order valence-electron chi connectivity index (χ4n) is 4.68. The highest BCUT2D eigenvalue weighted by Crippen LogP contribution is 2.38. The molecule has 0 radical (unpaired) electrons. The largest absolute Gasteiger partial charge is 0.369 e. The average Bonchev–Trinajstić information content (AvgIpc) is 3.50. The predicted molar refractivity (Wildman–Crippen MR) is 143 cm³/mol. The van der Waals surface area contributed by atoms with E-state index in [0.717, 1.165) is 55.2 Å². The molecule has 0 aliphatic carbocycles. The van der Waals surface area contributed by atoms with Crippen LogP contribution in [0.4, 0.5) is 20.9 Å². The second kappa shape index (κ2) is 10.2. The van der Waals surface area contributed by atoms with E-state index >= 15 is 0 Å². The number of pyridine rings is 1. The quantitative estimate of drug-likeness (QED) is 0.400. The van der Waals surface area contributed by atoms with E-state index in [-0.39, 0.29) is 18.3 Å². The van der Waals surface area contributed by atoms with Gasteiger partial charge in [-0.3, -0.25) is 9.69 Å². The van der Waals surface area contributed by atoms with Gasteiger partial charge < -0.3 is 15.5 Å². The van der Waals surface area contributed by atoms with Crippen LogP contribution in [0.15, 0.2) is 42.6 Å². The second-order valence-corrected chi connectivity index (χ2v) is 9.92. The zero-order valence-electron chi connectivity index (χ0n) is 20.7. The first-order valence-corrected chi connectivity index (χ1v) is 12.9. The fraction of sp³-hybridized carbons (Fsp3) is 0.308. The number of anilines is 3. The highest BCUT2D eigenvalue weighted by molar-refractivity contribution is 7.16. The Labute approximate surface area is 218 Å². The monoisotopic (exact) mass is 518 g/mol. The van der Waals surface area contributed by atoms with Crippen LogP contribution in [-0.2, 0) is 11.2 Å². The van der Waals surface area contributed by atoms with Gasteiger partial charge in [-0.1, -0.05) is 18.3 Å². The molecule has 1 aromatic carbocycles. The number of aryl methyl sites for hydroxylation is 1. The topological polar surface area (TPSA) is 107 Å². The summed E-state index contributed by atoms with van der Waals surface area (Å²) in [4.78, 5) is 22.9. The van der Waals surface area contributed by atoms with Crippen molar-refractivity contribution in [3.8, 4) is 17.3 Å². The van der Waals surface area contributed by atoms with Crippen LogP contribution in [0, 0.1) is 17.1 Å². The zero-order valence-corrected chi connectivity index (χ0v) is 21.5. The number of nitrogens with two attached hydrogens (primary N) is 1. The number of carbonyl (C=O) groups is 1. The van der Waals surface area contributed by atoms with Crippen LogP contribution < -0.4 is 15.5 Å². The third-order valence-electron chi connectivity index (χ3n) is 6.57. The molecule has 0 atom stereocenters. The number of nitrogens with zero attached hydrogens (tertiary/aromatic N) is 7. The molecule has 4 heterocycles. The summed E-state index contributed by atoms with van der Waals surface area (Å²) in [5.74, 6) is -0.642. The normalized spacial score (nSPS) is 14.2. The van der Waals surface area contributed by atoms with Crippen molar-refractivity contribution in [1.82, 2.24) is 19.5 Å². The van der Waals surface area contributed by atoms with Crippen molar-refractivity contribution in [3.05, 3.63) is 59.0 Å². The summed E-state index contributed by atoms with van der Waals surface area (Å²) in [5, 5.41) is 15.2. The summed E-state index contributed by atoms with van der Waals surface area (Å²) in [6.07, 6.45) is 2.69. The lowest BCUT2D eigenvalue weighted by Gasteiger charge is -2.35. The Hall–Kier alpha value is -4.01. The molecule has 11 heteroatoms. The average molecular weight is 519 g/mol. The molecule has 0 unspecified atom stereocenters. The number of amides is 1. The van der Waals surface area contributed by atoms with Crippen LogP contribution in [0.3, 0.4) is 0 Å². The molecule has 0 spiro atoms. The first-order chi connectivity index (χ1) is 17.9. The van der Waals surface area contributed by atoms with E-state index in [9.17, 15) is 14.4 Å². The molecular formula is C26H27FN8OS. The fourth-order valence-corrected chi connectivity index (χ4v) is 5.54. The molecule has 1 amide bonds. The predicted octanol–water partition coefficient (Wildman–Crippen LogP) is 3.41. The first-order valence-electron chi connectivity index (χ1n) is 12.1. The number of thiazole rings is 1. The highest BCUT2D eigenvalue weighted by atomic mass is 32.1. The third-order valence-corrected chi connectivity index (χ3v) is 7.61. The molecule has 37 heavy (non-hydrogen) atoms. The molecule has 0 bridgehead atoms. The van der Waals surface area contributed by atoms with Crippen LogP contribution >= 0.6 is 11.3 Å². The van der Waals surface area contributed by atoms with E-state index in [1.165, 1.54) is 23.5 Å². The number of halogens is 1. The van der Waals surface area contributed by atoms with Gasteiger partial charge in [0.05, 0.1) is 23.4 Å². The molecule has 1 fully saturated rings. The van der Waals surface area contributed by atoms with Crippen molar-refractivity contribution >= 4 is 39.3 Å². The van der Waals surface area contributed by atoms with Crippen LogP contribution in [0.5, 0.6) is 0 Å². The number of piperazine rings is 1. The Kier molecular flexibility index (Phi) is 6.78. The second-order valence-electron chi connectivity index (χ2n) is 8.94. The lowest BCUT2D eigenvalue weighted by molar-refractivity contribution is -0.119. The maximum Gasteiger partial charge on any atom is 0.231 e. The van der Waals surface area contributed by atoms with Gasteiger partial charge in [-0.2, -0.15) is 10.4 Å². The van der Waals surface area contributed by atoms with Crippen molar-refractivity contribution in [2.75, 3.05) is 49.6 Å². The van der Waals surface area contributed by atoms with Gasteiger partial charge in [0.25, 0.3) is 0 Å². The standard InChI is InChI=1S/C26H27FN8OS/c1-3-20-25(32(2)26-30-24(22(15-28)37-26)17-4-6-18(27)7-5-17)21-14-19(8-9-35(21)31-20)34-12-10-33(11-13-34)16-23(29)36/h4-9,14H,3,10-13,16H2,1-2H3,(H2,29,36). The molecule has 1 aliphatic rings. The lowest BCUT2D eigenvalue weighted by atomic mass is 10.1. The number of aromatic nitrogens is 3. The molecule has 5 rings (SSSR count). The van der Waals surface area contributed by atoms with Crippen molar-refractivity contribution in [2.24, 2.45) is 5.73 Å². The molecule has 190 valence electrons. The molecular weight excluding hydrogens is 491 g/mol. The zero-order chi connectivity index (χ0) is 26.1. The van der Waals surface area contributed by atoms with Crippen LogP contribution in [0.1, 0.15) is 17.5 Å². The van der Waals surface area contributed by atoms with E-state index in [0.29, 0.717) is 21.3 Å². The number of primary amides is 1. The number of hydrogen-bond acceptors (Lipinski definition) is 8. The Morgan fingerprint density at radius 2 is 1.95 bits per heavy atom. The van der Waals surface area contributed by atoms with Crippen molar-refractivity contribution in [3.63, 3.8) is 0 Å². The lowest BCUT2D eigenvalue weighted by Crippen LogP contribution is -2.48. The molecule has 9 nitrogen and oxygen atoms in total. The van der Waals surface area contributed by atoms with Gasteiger partial charge in [-0.15, -0.1) is 0 Å². The highest BCUT2D eigenvalue weighted by Gasteiger charge is 2.24. The van der Waals surface area contributed by atoms with Gasteiger partial charge in [-0.25, -0.2) is 13.9 Å². The minimum absolute atomic E-state index is 0.280. The van der Waals surface area contributed by atoms with E-state index < -0.39 is 0 Å². The van der Waals surface area contributed by atoms with E-state index in [2.05, 4.69) is 34.9 Å². The number of hydrogen-bond donors (Lipinski definition) is 1.